The largest absolute Gasteiger partial charge is 0.488 e. The van der Waals surface area contributed by atoms with E-state index in [1.54, 1.807) is 32.9 Å². The summed E-state index contributed by atoms with van der Waals surface area (Å²) >= 11 is 0. The van der Waals surface area contributed by atoms with E-state index < -0.39 is 35.8 Å². The first-order valence-electron chi connectivity index (χ1n) is 7.80. The first kappa shape index (κ1) is 18.6. The van der Waals surface area contributed by atoms with Crippen LogP contribution >= 0.6 is 0 Å². The molecule has 2 rings (SSSR count). The van der Waals surface area contributed by atoms with E-state index in [2.05, 4.69) is 0 Å². The molecule has 0 radical (unpaired) electrons. The average Bonchev–Trinajstić information content (AvgIpc) is 2.90. The number of likely N-dealkylation sites (tertiary alicyclic amines) is 1. The number of para-hydroxylation sites is 1. The molecular formula is C17H21NO7. The van der Waals surface area contributed by atoms with Crippen molar-refractivity contribution in [2.45, 2.75) is 44.9 Å². The van der Waals surface area contributed by atoms with Gasteiger partial charge < -0.3 is 19.7 Å². The molecule has 2 unspecified atom stereocenters. The summed E-state index contributed by atoms with van der Waals surface area (Å²) in [6.07, 6.45) is -1.34. The maximum Gasteiger partial charge on any atom is 0.411 e. The summed E-state index contributed by atoms with van der Waals surface area (Å²) in [7, 11) is 0. The molecule has 1 aromatic rings. The Balaban J connectivity index is 2.16. The number of aromatic carboxylic acids is 1. The van der Waals surface area contributed by atoms with Crippen LogP contribution in [-0.4, -0.2) is 57.4 Å². The number of carbonyl (C=O) groups excluding carboxylic acids is 1. The lowest BCUT2D eigenvalue weighted by Crippen LogP contribution is -2.43. The molecule has 25 heavy (non-hydrogen) atoms. The SMILES string of the molecule is CC(C)(C)OC(=O)N1CC(Oc2ccccc2C(=O)O)CC1C(=O)O. The smallest absolute Gasteiger partial charge is 0.411 e. The Kier molecular flexibility index (Phi) is 5.20. The Morgan fingerprint density at radius 1 is 1.16 bits per heavy atom. The fourth-order valence-electron chi connectivity index (χ4n) is 2.56. The van der Waals surface area contributed by atoms with Crippen molar-refractivity contribution in [1.29, 1.82) is 0 Å². The number of nitrogens with zero attached hydrogens (tertiary/aromatic N) is 1. The van der Waals surface area contributed by atoms with Crippen LogP contribution in [0.5, 0.6) is 5.75 Å². The summed E-state index contributed by atoms with van der Waals surface area (Å²) < 4.78 is 10.9. The van der Waals surface area contributed by atoms with Gasteiger partial charge in [0, 0.05) is 6.42 Å². The highest BCUT2D eigenvalue weighted by molar-refractivity contribution is 5.90. The number of ether oxygens (including phenoxy) is 2. The molecule has 1 aliphatic heterocycles. The number of hydrogen-bond acceptors (Lipinski definition) is 5. The minimum Gasteiger partial charge on any atom is -0.488 e. The number of carboxylic acids is 2. The summed E-state index contributed by atoms with van der Waals surface area (Å²) in [6, 6.07) is 4.99. The van der Waals surface area contributed by atoms with Gasteiger partial charge in [0.05, 0.1) is 6.54 Å². The quantitative estimate of drug-likeness (QED) is 0.855. The lowest BCUT2D eigenvalue weighted by Gasteiger charge is -2.26. The Bertz CT molecular complexity index is 680. The van der Waals surface area contributed by atoms with Gasteiger partial charge in [-0.1, -0.05) is 12.1 Å². The van der Waals surface area contributed by atoms with Crippen LogP contribution in [-0.2, 0) is 9.53 Å². The standard InChI is InChI=1S/C17H21NO7/c1-17(2,3)25-16(23)18-9-10(8-12(18)15(21)22)24-13-7-5-4-6-11(13)14(19)20/h4-7,10,12H,8-9H2,1-3H3,(H,19,20)(H,21,22). The Hall–Kier alpha value is -2.77. The predicted octanol–water partition coefficient (Wildman–Crippen LogP) is 2.23. The molecule has 1 amide bonds. The molecule has 2 atom stereocenters. The summed E-state index contributed by atoms with van der Waals surface area (Å²) in [4.78, 5) is 36.0. The number of rotatable bonds is 4. The van der Waals surface area contributed by atoms with E-state index in [1.165, 1.54) is 12.1 Å². The second-order valence-electron chi connectivity index (χ2n) is 6.76. The third kappa shape index (κ3) is 4.62. The van der Waals surface area contributed by atoms with Gasteiger partial charge in [0.15, 0.2) is 0 Å². The topological polar surface area (TPSA) is 113 Å². The van der Waals surface area contributed by atoms with Crippen molar-refractivity contribution in [2.75, 3.05) is 6.54 Å². The highest BCUT2D eigenvalue weighted by atomic mass is 16.6. The van der Waals surface area contributed by atoms with Gasteiger partial charge in [-0.05, 0) is 32.9 Å². The summed E-state index contributed by atoms with van der Waals surface area (Å²) in [6.45, 7) is 5.06. The number of aliphatic carboxylic acids is 1. The van der Waals surface area contributed by atoms with E-state index in [1.807, 2.05) is 0 Å². The van der Waals surface area contributed by atoms with Gasteiger partial charge >= 0.3 is 18.0 Å². The zero-order valence-corrected chi connectivity index (χ0v) is 14.3. The summed E-state index contributed by atoms with van der Waals surface area (Å²) in [5.41, 5.74) is -0.778. The number of carbonyl (C=O) groups is 3. The van der Waals surface area contributed by atoms with Crippen LogP contribution in [0.4, 0.5) is 4.79 Å². The number of benzene rings is 1. The van der Waals surface area contributed by atoms with E-state index in [0.717, 1.165) is 4.90 Å². The van der Waals surface area contributed by atoms with Gasteiger partial charge in [0.1, 0.15) is 29.1 Å². The highest BCUT2D eigenvalue weighted by Crippen LogP contribution is 2.27. The van der Waals surface area contributed by atoms with E-state index in [9.17, 15) is 24.6 Å². The first-order chi connectivity index (χ1) is 11.6. The third-order valence-electron chi connectivity index (χ3n) is 3.59. The monoisotopic (exact) mass is 351 g/mol. The number of hydrogen-bond donors (Lipinski definition) is 2. The van der Waals surface area contributed by atoms with E-state index in [4.69, 9.17) is 9.47 Å². The van der Waals surface area contributed by atoms with Gasteiger partial charge in [0.2, 0.25) is 0 Å². The number of carboxylic acid groups (broad SMARTS) is 2. The van der Waals surface area contributed by atoms with Crippen molar-refractivity contribution < 1.29 is 34.1 Å². The van der Waals surface area contributed by atoms with Crippen molar-refractivity contribution in [2.24, 2.45) is 0 Å². The van der Waals surface area contributed by atoms with Crippen molar-refractivity contribution in [3.8, 4) is 5.75 Å². The molecule has 0 spiro atoms. The van der Waals surface area contributed by atoms with Crippen LogP contribution in [0.1, 0.15) is 37.6 Å². The molecule has 0 saturated carbocycles. The fraction of sp³-hybridized carbons (Fsp3) is 0.471. The van der Waals surface area contributed by atoms with E-state index >= 15 is 0 Å². The Labute approximate surface area is 144 Å². The van der Waals surface area contributed by atoms with E-state index in [-0.39, 0.29) is 24.3 Å². The fourth-order valence-corrected chi connectivity index (χ4v) is 2.56. The molecule has 0 bridgehead atoms. The van der Waals surface area contributed by atoms with Gasteiger partial charge in [0.25, 0.3) is 0 Å². The van der Waals surface area contributed by atoms with Crippen LogP contribution < -0.4 is 4.74 Å². The molecular weight excluding hydrogens is 330 g/mol. The molecule has 1 fully saturated rings. The normalized spacial score (nSPS) is 20.2. The number of amides is 1. The van der Waals surface area contributed by atoms with Gasteiger partial charge in [-0.25, -0.2) is 14.4 Å². The second kappa shape index (κ2) is 7.00. The first-order valence-corrected chi connectivity index (χ1v) is 7.80. The maximum absolute atomic E-state index is 12.2. The van der Waals surface area contributed by atoms with E-state index in [0.29, 0.717) is 0 Å². The van der Waals surface area contributed by atoms with Gasteiger partial charge in [-0.2, -0.15) is 0 Å². The summed E-state index contributed by atoms with van der Waals surface area (Å²) in [5.74, 6) is -2.17. The molecule has 1 heterocycles. The lowest BCUT2D eigenvalue weighted by atomic mass is 10.2. The van der Waals surface area contributed by atoms with Crippen molar-refractivity contribution >= 4 is 18.0 Å². The van der Waals surface area contributed by atoms with Crippen molar-refractivity contribution in [3.63, 3.8) is 0 Å². The van der Waals surface area contributed by atoms with Crippen molar-refractivity contribution in [3.05, 3.63) is 29.8 Å². The van der Waals surface area contributed by atoms with Gasteiger partial charge in [-0.15, -0.1) is 0 Å². The lowest BCUT2D eigenvalue weighted by molar-refractivity contribution is -0.142. The zero-order valence-electron chi connectivity index (χ0n) is 14.3. The molecule has 1 saturated heterocycles. The molecule has 1 aromatic carbocycles. The molecule has 0 aromatic heterocycles. The van der Waals surface area contributed by atoms with Crippen LogP contribution in [0.3, 0.4) is 0 Å². The van der Waals surface area contributed by atoms with Crippen molar-refractivity contribution in [1.82, 2.24) is 4.90 Å². The van der Waals surface area contributed by atoms with Crippen LogP contribution in [0, 0.1) is 0 Å². The minimum atomic E-state index is -1.16. The molecule has 8 heteroatoms. The Morgan fingerprint density at radius 2 is 1.80 bits per heavy atom. The van der Waals surface area contributed by atoms with Crippen LogP contribution in [0.15, 0.2) is 24.3 Å². The van der Waals surface area contributed by atoms with Crippen LogP contribution in [0.2, 0.25) is 0 Å². The zero-order chi connectivity index (χ0) is 18.8. The third-order valence-corrected chi connectivity index (χ3v) is 3.59. The predicted molar refractivity (Wildman–Crippen MR) is 86.8 cm³/mol. The maximum atomic E-state index is 12.2. The second-order valence-corrected chi connectivity index (χ2v) is 6.76. The molecule has 136 valence electrons. The van der Waals surface area contributed by atoms with Crippen LogP contribution in [0.25, 0.3) is 0 Å². The minimum absolute atomic E-state index is 0.000165. The molecule has 8 nitrogen and oxygen atoms in total. The highest BCUT2D eigenvalue weighted by Gasteiger charge is 2.42. The molecule has 2 N–H and O–H groups in total. The molecule has 1 aliphatic rings. The Morgan fingerprint density at radius 3 is 2.36 bits per heavy atom. The van der Waals surface area contributed by atoms with Gasteiger partial charge in [-0.3, -0.25) is 4.90 Å². The molecule has 0 aliphatic carbocycles. The average molecular weight is 351 g/mol. The summed E-state index contributed by atoms with van der Waals surface area (Å²) in [5, 5.41) is 18.5.